The van der Waals surface area contributed by atoms with E-state index in [0.29, 0.717) is 11.8 Å². The summed E-state index contributed by atoms with van der Waals surface area (Å²) in [5.74, 6) is 5.21. The van der Waals surface area contributed by atoms with E-state index in [0.717, 1.165) is 37.5 Å². The molecule has 4 unspecified atom stereocenters. The monoisotopic (exact) mass is 967 g/mol. The van der Waals surface area contributed by atoms with Gasteiger partial charge in [-0.1, -0.05) is 235 Å². The molecule has 9 rings (SSSR count). The van der Waals surface area contributed by atoms with E-state index in [-0.39, 0.29) is 0 Å². The summed E-state index contributed by atoms with van der Waals surface area (Å²) in [5, 5.41) is 0. The molecule has 0 radical (unpaired) electrons. The van der Waals surface area contributed by atoms with Crippen molar-refractivity contribution in [2.45, 2.75) is 185 Å². The Labute approximate surface area is 446 Å². The van der Waals surface area contributed by atoms with E-state index in [4.69, 9.17) is 6.42 Å². The normalized spacial score (nSPS) is 23.0. The Bertz CT molecular complexity index is 2060. The van der Waals surface area contributed by atoms with Gasteiger partial charge in [-0.05, 0) is 194 Å². The molecular weight excluding hydrogens is 865 g/mol. The van der Waals surface area contributed by atoms with Crippen LogP contribution in [0, 0.1) is 36.0 Å². The third kappa shape index (κ3) is 34.9. The highest BCUT2D eigenvalue weighted by Gasteiger charge is 2.07. The highest BCUT2D eigenvalue weighted by Crippen LogP contribution is 2.25. The van der Waals surface area contributed by atoms with Crippen molar-refractivity contribution in [2.75, 3.05) is 0 Å². The van der Waals surface area contributed by atoms with Gasteiger partial charge in [0.25, 0.3) is 0 Å². The fourth-order valence-corrected chi connectivity index (χ4v) is 7.95. The minimum atomic E-state index is 0.434. The molecule has 0 aromatic rings. The summed E-state index contributed by atoms with van der Waals surface area (Å²) >= 11 is 0. The van der Waals surface area contributed by atoms with Gasteiger partial charge in [0.15, 0.2) is 0 Å². The third-order valence-electron chi connectivity index (χ3n) is 13.8. The van der Waals surface area contributed by atoms with Crippen molar-refractivity contribution in [3.63, 3.8) is 0 Å². The molecule has 0 amide bonds. The molecule has 0 aromatic heterocycles. The predicted octanol–water partition coefficient (Wildman–Crippen LogP) is 22.5. The van der Waals surface area contributed by atoms with Crippen molar-refractivity contribution in [3.05, 3.63) is 227 Å². The number of rotatable bonds is 2. The first-order valence-corrected chi connectivity index (χ1v) is 27.6. The summed E-state index contributed by atoms with van der Waals surface area (Å²) in [6.45, 7) is 37.1. The Hall–Kier alpha value is -5.38. The van der Waals surface area contributed by atoms with Gasteiger partial charge in [0.05, 0.1) is 0 Å². The highest BCUT2D eigenvalue weighted by molar-refractivity contribution is 5.29. The van der Waals surface area contributed by atoms with E-state index >= 15 is 0 Å². The number of terminal acetylenes is 1. The van der Waals surface area contributed by atoms with Crippen LogP contribution in [-0.2, 0) is 0 Å². The van der Waals surface area contributed by atoms with Gasteiger partial charge in [0.2, 0.25) is 0 Å². The summed E-state index contributed by atoms with van der Waals surface area (Å²) < 4.78 is 0. The lowest BCUT2D eigenvalue weighted by atomic mass is 9.92. The van der Waals surface area contributed by atoms with Crippen LogP contribution in [0.4, 0.5) is 0 Å². The SMILES string of the molecule is C#CC1C=CCCC1.C=C1CCC(=C)CC1.C=CC1=CCC=CC1.C=CC1C=CC=CC1.CC1=CC=C(C)CC1.CC1=CCC(C)=CC1.CC1=CCC=C(C)C1.CC1=CCCC=C1C.CC1C=CC=CC1C. The van der Waals surface area contributed by atoms with E-state index in [1.807, 2.05) is 12.2 Å². The van der Waals surface area contributed by atoms with Crippen LogP contribution >= 0.6 is 0 Å². The lowest BCUT2D eigenvalue weighted by Crippen LogP contribution is -2.03. The van der Waals surface area contributed by atoms with Gasteiger partial charge in [0, 0.05) is 5.92 Å². The average Bonchev–Trinajstić information content (AvgIpc) is 3.40. The molecule has 4 atom stereocenters. The van der Waals surface area contributed by atoms with E-state index < -0.39 is 0 Å². The molecule has 0 aromatic carbocycles. The van der Waals surface area contributed by atoms with Crippen LogP contribution in [0.25, 0.3) is 0 Å². The summed E-state index contributed by atoms with van der Waals surface area (Å²) in [5.41, 5.74) is 16.1. The highest BCUT2D eigenvalue weighted by atomic mass is 14.1. The lowest BCUT2D eigenvalue weighted by molar-refractivity contribution is 0.552. The second kappa shape index (κ2) is 41.1. The Morgan fingerprint density at radius 1 is 0.514 bits per heavy atom. The largest absolute Gasteiger partial charge is 0.119 e. The van der Waals surface area contributed by atoms with Crippen molar-refractivity contribution >= 4 is 0 Å². The Balaban J connectivity index is 0.000000405. The van der Waals surface area contributed by atoms with Crippen LogP contribution in [0.5, 0.6) is 0 Å². The second-order valence-corrected chi connectivity index (χ2v) is 20.9. The van der Waals surface area contributed by atoms with Crippen LogP contribution < -0.4 is 0 Å². The first kappa shape index (κ1) is 64.6. The molecule has 9 aliphatic rings. The zero-order valence-corrected chi connectivity index (χ0v) is 47.7. The molecule has 1 saturated carbocycles. The summed E-state index contributed by atoms with van der Waals surface area (Å²) in [6, 6.07) is 0. The lowest BCUT2D eigenvalue weighted by Gasteiger charge is -2.13. The maximum atomic E-state index is 5.20. The predicted molar refractivity (Wildman–Crippen MR) is 329 cm³/mol. The van der Waals surface area contributed by atoms with Gasteiger partial charge in [-0.3, -0.25) is 0 Å². The maximum absolute atomic E-state index is 5.20. The number of hydrogen-bond donors (Lipinski definition) is 0. The van der Waals surface area contributed by atoms with Gasteiger partial charge >= 0.3 is 0 Å². The standard InChI is InChI=1S/6C8H12.3C8H10/c3*1-7-3-5-8(2)6-4-7;1-7-4-3-5-8(2)6-7;2*1-7-5-3-4-6-8(7)2;3*1-2-8-6-4-3-5-7-8/h3,6H,4-5H2,1-2H3;3,5H,4,6H2,1-2H3;1-6H2;4-5H,3,6H2,1-2H3;5-6H,3-4H2,1-2H3;3-8H,1-2H3;2-4,7H,1,5-6H2;2-6,8H,1,7H2;1,4,6,8H,3,5,7H2. The molecule has 1 fully saturated rings. The van der Waals surface area contributed by atoms with Gasteiger partial charge in [-0.2, -0.15) is 0 Å². The third-order valence-corrected chi connectivity index (χ3v) is 13.8. The van der Waals surface area contributed by atoms with Crippen LogP contribution in [0.15, 0.2) is 227 Å². The molecule has 9 aliphatic carbocycles. The van der Waals surface area contributed by atoms with Crippen LogP contribution in [0.3, 0.4) is 0 Å². The van der Waals surface area contributed by atoms with Gasteiger partial charge in [0.1, 0.15) is 0 Å². The zero-order chi connectivity index (χ0) is 53.4. The van der Waals surface area contributed by atoms with E-state index in [1.165, 1.54) is 151 Å². The van der Waals surface area contributed by atoms with Crippen LogP contribution in [0.1, 0.15) is 185 Å². The quantitative estimate of drug-likeness (QED) is 0.191. The van der Waals surface area contributed by atoms with Gasteiger partial charge in [-0.25, -0.2) is 0 Å². The Morgan fingerprint density at radius 3 is 1.33 bits per heavy atom. The fraction of sp³-hybridized carbons (Fsp3) is 0.444. The Morgan fingerprint density at radius 2 is 1.04 bits per heavy atom. The molecule has 0 spiro atoms. The summed E-state index contributed by atoms with van der Waals surface area (Å²) in [6.07, 6.45) is 76.7. The fourth-order valence-electron chi connectivity index (χ4n) is 7.95. The molecule has 390 valence electrons. The van der Waals surface area contributed by atoms with E-state index in [9.17, 15) is 0 Å². The minimum Gasteiger partial charge on any atom is -0.119 e. The van der Waals surface area contributed by atoms with E-state index in [1.54, 1.807) is 0 Å². The maximum Gasteiger partial charge on any atom is 0.0380 e. The van der Waals surface area contributed by atoms with Crippen molar-refractivity contribution in [2.24, 2.45) is 23.7 Å². The summed E-state index contributed by atoms with van der Waals surface area (Å²) in [4.78, 5) is 0. The molecule has 72 heavy (non-hydrogen) atoms. The van der Waals surface area contributed by atoms with E-state index in [2.05, 4.69) is 229 Å². The topological polar surface area (TPSA) is 0 Å². The summed E-state index contributed by atoms with van der Waals surface area (Å²) in [7, 11) is 0. The molecule has 0 saturated heterocycles. The van der Waals surface area contributed by atoms with Crippen molar-refractivity contribution < 1.29 is 0 Å². The average molecular weight is 968 g/mol. The molecular formula is C72H102. The van der Waals surface area contributed by atoms with Gasteiger partial charge < -0.3 is 0 Å². The second-order valence-electron chi connectivity index (χ2n) is 20.9. The molecule has 0 heterocycles. The number of allylic oxidation sites excluding steroid dienone is 34. The molecule has 0 aliphatic heterocycles. The van der Waals surface area contributed by atoms with Crippen LogP contribution in [0.2, 0.25) is 0 Å². The molecule has 0 heteroatoms. The first-order valence-electron chi connectivity index (χ1n) is 27.6. The van der Waals surface area contributed by atoms with Gasteiger partial charge in [-0.15, -0.1) is 13.0 Å². The van der Waals surface area contributed by atoms with Crippen molar-refractivity contribution in [3.8, 4) is 12.3 Å². The zero-order valence-electron chi connectivity index (χ0n) is 47.7. The first-order chi connectivity index (χ1) is 34.6. The minimum absolute atomic E-state index is 0.434. The van der Waals surface area contributed by atoms with Crippen molar-refractivity contribution in [1.29, 1.82) is 0 Å². The smallest absolute Gasteiger partial charge is 0.0380 e. The molecule has 0 N–H and O–H groups in total. The Kier molecular flexibility index (Phi) is 36.9. The van der Waals surface area contributed by atoms with Crippen molar-refractivity contribution in [1.82, 2.24) is 0 Å². The number of hydrogen-bond acceptors (Lipinski definition) is 0. The molecule has 0 bridgehead atoms. The van der Waals surface area contributed by atoms with Crippen LogP contribution in [-0.4, -0.2) is 0 Å². The molecule has 0 nitrogen and oxygen atoms in total.